The number of carbonyl (C=O) groups is 2. The van der Waals surface area contributed by atoms with Crippen LogP contribution >= 0.6 is 0 Å². The van der Waals surface area contributed by atoms with Crippen LogP contribution in [-0.4, -0.2) is 25.4 Å². The van der Waals surface area contributed by atoms with Crippen LogP contribution in [0.25, 0.3) is 0 Å². The summed E-state index contributed by atoms with van der Waals surface area (Å²) in [5.74, 6) is -0.395. The second-order valence-electron chi connectivity index (χ2n) is 4.73. The fourth-order valence-corrected chi connectivity index (χ4v) is 1.52. The summed E-state index contributed by atoms with van der Waals surface area (Å²) in [6.45, 7) is 3.78. The van der Waals surface area contributed by atoms with Crippen molar-refractivity contribution in [1.29, 1.82) is 0 Å². The molecule has 1 aromatic carbocycles. The quantitative estimate of drug-likeness (QED) is 0.689. The average Bonchev–Trinajstić information content (AvgIpc) is 2.35. The minimum atomic E-state index is -0.659. The third-order valence-electron chi connectivity index (χ3n) is 2.74. The van der Waals surface area contributed by atoms with Gasteiger partial charge in [0.2, 0.25) is 5.91 Å². The van der Waals surface area contributed by atoms with E-state index in [9.17, 15) is 9.59 Å². The Morgan fingerprint density at radius 3 is 2.44 bits per heavy atom. The normalized spacial score (nSPS) is 10.8. The molecule has 0 saturated heterocycles. The summed E-state index contributed by atoms with van der Waals surface area (Å²) in [5.41, 5.74) is 5.89. The van der Waals surface area contributed by atoms with Gasteiger partial charge in [0, 0.05) is 19.3 Å². The van der Waals surface area contributed by atoms with Gasteiger partial charge < -0.3 is 16.4 Å². The molecule has 4 N–H and O–H groups in total. The van der Waals surface area contributed by atoms with E-state index in [4.69, 9.17) is 5.73 Å². The van der Waals surface area contributed by atoms with Crippen molar-refractivity contribution in [2.75, 3.05) is 19.3 Å². The molecule has 0 fully saturated rings. The maximum atomic E-state index is 11.9. The molecule has 18 heavy (non-hydrogen) atoms. The zero-order valence-corrected chi connectivity index (χ0v) is 10.9. The van der Waals surface area contributed by atoms with Crippen molar-refractivity contribution in [3.05, 3.63) is 29.8 Å². The molecule has 1 aromatic rings. The van der Waals surface area contributed by atoms with Gasteiger partial charge in [-0.25, -0.2) is 0 Å². The monoisotopic (exact) mass is 249 g/mol. The van der Waals surface area contributed by atoms with Gasteiger partial charge in [0.05, 0.1) is 11.0 Å². The Morgan fingerprint density at radius 1 is 1.28 bits per heavy atom. The third kappa shape index (κ3) is 3.23. The molecule has 1 rings (SSSR count). The molecule has 0 saturated carbocycles. The lowest BCUT2D eigenvalue weighted by molar-refractivity contribution is -0.128. The zero-order valence-electron chi connectivity index (χ0n) is 10.9. The van der Waals surface area contributed by atoms with Gasteiger partial charge in [0.25, 0.3) is 5.91 Å². The third-order valence-corrected chi connectivity index (χ3v) is 2.74. The van der Waals surface area contributed by atoms with Gasteiger partial charge in [0.1, 0.15) is 0 Å². The molecule has 0 unspecified atom stereocenters. The van der Waals surface area contributed by atoms with Crippen LogP contribution in [0.3, 0.4) is 0 Å². The average molecular weight is 249 g/mol. The van der Waals surface area contributed by atoms with Crippen LogP contribution in [0.2, 0.25) is 0 Å². The second-order valence-corrected chi connectivity index (χ2v) is 4.73. The molecule has 0 aliphatic heterocycles. The van der Waals surface area contributed by atoms with Crippen molar-refractivity contribution in [2.45, 2.75) is 13.8 Å². The fourth-order valence-electron chi connectivity index (χ4n) is 1.52. The van der Waals surface area contributed by atoms with Gasteiger partial charge in [0.15, 0.2) is 0 Å². The zero-order chi connectivity index (χ0) is 13.8. The fraction of sp³-hybridized carbons (Fsp3) is 0.385. The first kappa shape index (κ1) is 14.0. The van der Waals surface area contributed by atoms with Crippen LogP contribution in [0.15, 0.2) is 24.3 Å². The van der Waals surface area contributed by atoms with Crippen LogP contribution in [0.1, 0.15) is 24.2 Å². The van der Waals surface area contributed by atoms with E-state index in [1.807, 2.05) is 0 Å². The van der Waals surface area contributed by atoms with Crippen molar-refractivity contribution in [2.24, 2.45) is 5.41 Å². The number of nitrogen functional groups attached to an aromatic ring is 1. The maximum absolute atomic E-state index is 11.9. The van der Waals surface area contributed by atoms with Crippen molar-refractivity contribution >= 4 is 17.5 Å². The van der Waals surface area contributed by atoms with E-state index in [1.54, 1.807) is 45.2 Å². The summed E-state index contributed by atoms with van der Waals surface area (Å²) in [6.07, 6.45) is 0. The Hall–Kier alpha value is -2.04. The minimum Gasteiger partial charge on any atom is -0.398 e. The van der Waals surface area contributed by atoms with Gasteiger partial charge >= 0.3 is 0 Å². The predicted molar refractivity (Wildman–Crippen MR) is 71.0 cm³/mol. The number of benzene rings is 1. The molecule has 0 aromatic heterocycles. The van der Waals surface area contributed by atoms with Crippen LogP contribution in [-0.2, 0) is 4.79 Å². The summed E-state index contributed by atoms with van der Waals surface area (Å²) in [4.78, 5) is 23.5. The van der Waals surface area contributed by atoms with E-state index in [1.165, 1.54) is 0 Å². The summed E-state index contributed by atoms with van der Waals surface area (Å²) >= 11 is 0. The van der Waals surface area contributed by atoms with Crippen LogP contribution in [0, 0.1) is 5.41 Å². The van der Waals surface area contributed by atoms with E-state index >= 15 is 0 Å². The molecular formula is C13H19N3O2. The number of amides is 2. The van der Waals surface area contributed by atoms with Gasteiger partial charge in [-0.2, -0.15) is 0 Å². The van der Waals surface area contributed by atoms with E-state index in [0.29, 0.717) is 11.3 Å². The number of carbonyl (C=O) groups excluding carboxylic acids is 2. The summed E-state index contributed by atoms with van der Waals surface area (Å²) in [5, 5.41) is 5.28. The largest absolute Gasteiger partial charge is 0.398 e. The van der Waals surface area contributed by atoms with Crippen LogP contribution < -0.4 is 16.4 Å². The standard InChI is InChI=1S/C13H19N3O2/c1-13(2,12(18)15-3)8-16-11(17)9-6-4-5-7-10(9)14/h4-7H,8,14H2,1-3H3,(H,15,18)(H,16,17). The molecule has 0 bridgehead atoms. The molecule has 0 aliphatic rings. The van der Waals surface area contributed by atoms with Crippen LogP contribution in [0.5, 0.6) is 0 Å². The minimum absolute atomic E-state index is 0.121. The lowest BCUT2D eigenvalue weighted by Crippen LogP contribution is -2.43. The molecule has 0 atom stereocenters. The highest BCUT2D eigenvalue weighted by Crippen LogP contribution is 2.15. The molecule has 98 valence electrons. The molecule has 0 heterocycles. The number of hydrogen-bond donors (Lipinski definition) is 3. The predicted octanol–water partition coefficient (Wildman–Crippen LogP) is 0.771. The summed E-state index contributed by atoms with van der Waals surface area (Å²) < 4.78 is 0. The highest BCUT2D eigenvalue weighted by molar-refractivity contribution is 5.99. The maximum Gasteiger partial charge on any atom is 0.253 e. The smallest absolute Gasteiger partial charge is 0.253 e. The molecule has 5 nitrogen and oxygen atoms in total. The molecule has 0 radical (unpaired) electrons. The Bertz CT molecular complexity index is 455. The Morgan fingerprint density at radius 2 is 1.89 bits per heavy atom. The number of rotatable bonds is 4. The first-order valence-electron chi connectivity index (χ1n) is 5.73. The van der Waals surface area contributed by atoms with E-state index in [-0.39, 0.29) is 18.4 Å². The number of nitrogens with one attached hydrogen (secondary N) is 2. The van der Waals surface area contributed by atoms with Gasteiger partial charge in [-0.15, -0.1) is 0 Å². The number of para-hydroxylation sites is 1. The first-order valence-corrected chi connectivity index (χ1v) is 5.73. The molecule has 0 aliphatic carbocycles. The molecule has 2 amide bonds. The van der Waals surface area contributed by atoms with Gasteiger partial charge in [-0.05, 0) is 26.0 Å². The van der Waals surface area contributed by atoms with E-state index in [0.717, 1.165) is 0 Å². The molecule has 5 heteroatoms. The highest BCUT2D eigenvalue weighted by Gasteiger charge is 2.27. The molecule has 0 spiro atoms. The van der Waals surface area contributed by atoms with E-state index in [2.05, 4.69) is 10.6 Å². The van der Waals surface area contributed by atoms with Crippen molar-refractivity contribution in [3.8, 4) is 0 Å². The Labute approximate surface area is 107 Å². The van der Waals surface area contributed by atoms with Crippen molar-refractivity contribution in [1.82, 2.24) is 10.6 Å². The Balaban J connectivity index is 2.68. The SMILES string of the molecule is CNC(=O)C(C)(C)CNC(=O)c1ccccc1N. The molecular weight excluding hydrogens is 230 g/mol. The number of nitrogens with two attached hydrogens (primary N) is 1. The topological polar surface area (TPSA) is 84.2 Å². The lowest BCUT2D eigenvalue weighted by Gasteiger charge is -2.22. The summed E-state index contributed by atoms with van der Waals surface area (Å²) in [6, 6.07) is 6.83. The van der Waals surface area contributed by atoms with Crippen molar-refractivity contribution < 1.29 is 9.59 Å². The lowest BCUT2D eigenvalue weighted by atomic mass is 9.92. The highest BCUT2D eigenvalue weighted by atomic mass is 16.2. The van der Waals surface area contributed by atoms with Gasteiger partial charge in [-0.3, -0.25) is 9.59 Å². The van der Waals surface area contributed by atoms with E-state index < -0.39 is 5.41 Å². The Kier molecular flexibility index (Phi) is 4.31. The first-order chi connectivity index (χ1) is 8.38. The summed E-state index contributed by atoms with van der Waals surface area (Å²) in [7, 11) is 1.57. The van der Waals surface area contributed by atoms with Gasteiger partial charge in [-0.1, -0.05) is 12.1 Å². The number of anilines is 1. The number of hydrogen-bond acceptors (Lipinski definition) is 3. The second kappa shape index (κ2) is 5.53. The van der Waals surface area contributed by atoms with Crippen molar-refractivity contribution in [3.63, 3.8) is 0 Å². The van der Waals surface area contributed by atoms with Crippen LogP contribution in [0.4, 0.5) is 5.69 Å².